The molecule has 0 radical (unpaired) electrons. The highest BCUT2D eigenvalue weighted by molar-refractivity contribution is 6.00. The number of anilines is 1. The zero-order valence-corrected chi connectivity index (χ0v) is 11.3. The van der Waals surface area contributed by atoms with Crippen molar-refractivity contribution in [2.45, 2.75) is 6.42 Å². The first-order valence-corrected chi connectivity index (χ1v) is 5.87. The van der Waals surface area contributed by atoms with Crippen molar-refractivity contribution in [1.82, 2.24) is 5.32 Å². The minimum absolute atomic E-state index is 0.0720. The number of hydrogen-bond donors (Lipinski definition) is 2. The summed E-state index contributed by atoms with van der Waals surface area (Å²) in [5.74, 6) is -0.962. The van der Waals surface area contributed by atoms with Crippen LogP contribution in [0.25, 0.3) is 0 Å². The second-order valence-electron chi connectivity index (χ2n) is 3.74. The molecule has 0 saturated heterocycles. The van der Waals surface area contributed by atoms with Crippen LogP contribution in [0.4, 0.5) is 10.5 Å². The summed E-state index contributed by atoms with van der Waals surface area (Å²) < 4.78 is 9.06. The Kier molecular flexibility index (Phi) is 6.02. The minimum atomic E-state index is -0.546. The summed E-state index contributed by atoms with van der Waals surface area (Å²) in [6.45, 7) is 0.138. The molecule has 1 rings (SSSR count). The number of para-hydroxylation sites is 1. The van der Waals surface area contributed by atoms with Gasteiger partial charge in [-0.1, -0.05) is 12.1 Å². The van der Waals surface area contributed by atoms with Crippen molar-refractivity contribution in [3.05, 3.63) is 29.8 Å². The fourth-order valence-electron chi connectivity index (χ4n) is 1.43. The fraction of sp³-hybridized carbons (Fsp3) is 0.308. The normalized spacial score (nSPS) is 9.50. The van der Waals surface area contributed by atoms with Gasteiger partial charge in [0, 0.05) is 6.54 Å². The summed E-state index contributed by atoms with van der Waals surface area (Å²) in [4.78, 5) is 34.0. The lowest BCUT2D eigenvalue weighted by molar-refractivity contribution is -0.140. The summed E-state index contributed by atoms with van der Waals surface area (Å²) >= 11 is 0. The van der Waals surface area contributed by atoms with E-state index < -0.39 is 18.0 Å². The highest BCUT2D eigenvalue weighted by Crippen LogP contribution is 2.15. The van der Waals surface area contributed by atoms with Gasteiger partial charge in [-0.3, -0.25) is 4.79 Å². The Balaban J connectivity index is 2.58. The van der Waals surface area contributed by atoms with Crippen LogP contribution in [0, 0.1) is 0 Å². The Morgan fingerprint density at radius 3 is 2.45 bits per heavy atom. The summed E-state index contributed by atoms with van der Waals surface area (Å²) in [6, 6.07) is 5.93. The number of carbonyl (C=O) groups is 3. The van der Waals surface area contributed by atoms with Crippen LogP contribution in [0.2, 0.25) is 0 Å². The van der Waals surface area contributed by atoms with Gasteiger partial charge >= 0.3 is 18.0 Å². The smallest absolute Gasteiger partial charge is 0.339 e. The van der Waals surface area contributed by atoms with Crippen molar-refractivity contribution < 1.29 is 23.9 Å². The van der Waals surface area contributed by atoms with Crippen LogP contribution in [0.15, 0.2) is 24.3 Å². The molecule has 0 aliphatic heterocycles. The molecule has 0 aromatic heterocycles. The summed E-state index contributed by atoms with van der Waals surface area (Å²) in [5, 5.41) is 4.99. The number of carbonyl (C=O) groups excluding carboxylic acids is 3. The van der Waals surface area contributed by atoms with E-state index in [4.69, 9.17) is 0 Å². The van der Waals surface area contributed by atoms with Gasteiger partial charge in [-0.15, -0.1) is 0 Å². The van der Waals surface area contributed by atoms with Crippen molar-refractivity contribution in [2.24, 2.45) is 0 Å². The Bertz CT molecular complexity index is 501. The number of rotatable bonds is 5. The Morgan fingerprint density at radius 1 is 1.10 bits per heavy atom. The van der Waals surface area contributed by atoms with Crippen molar-refractivity contribution >= 4 is 23.7 Å². The van der Waals surface area contributed by atoms with E-state index in [1.807, 2.05) is 0 Å². The fourth-order valence-corrected chi connectivity index (χ4v) is 1.43. The standard InChI is InChI=1S/C13H16N2O5/c1-19-11(16)7-8-14-13(18)15-10-6-4-3-5-9(10)12(17)20-2/h3-6H,7-8H2,1-2H3,(H2,14,15,18). The van der Waals surface area contributed by atoms with Crippen molar-refractivity contribution in [2.75, 3.05) is 26.1 Å². The number of benzene rings is 1. The number of hydrogen-bond acceptors (Lipinski definition) is 5. The van der Waals surface area contributed by atoms with Crippen LogP contribution in [0.1, 0.15) is 16.8 Å². The lowest BCUT2D eigenvalue weighted by Crippen LogP contribution is -2.31. The summed E-state index contributed by atoms with van der Waals surface area (Å²) in [7, 11) is 2.53. The lowest BCUT2D eigenvalue weighted by Gasteiger charge is -2.10. The molecule has 1 aromatic carbocycles. The molecular weight excluding hydrogens is 264 g/mol. The molecule has 20 heavy (non-hydrogen) atoms. The van der Waals surface area contributed by atoms with Gasteiger partial charge in [0.1, 0.15) is 0 Å². The predicted octanol–water partition coefficient (Wildman–Crippen LogP) is 1.16. The number of ether oxygens (including phenoxy) is 2. The van der Waals surface area contributed by atoms with Crippen LogP contribution in [0.5, 0.6) is 0 Å². The van der Waals surface area contributed by atoms with Gasteiger partial charge in [-0.2, -0.15) is 0 Å². The molecule has 7 heteroatoms. The van der Waals surface area contributed by atoms with E-state index >= 15 is 0 Å². The zero-order valence-electron chi connectivity index (χ0n) is 11.3. The largest absolute Gasteiger partial charge is 0.469 e. The summed E-state index contributed by atoms with van der Waals surface area (Å²) in [5.41, 5.74) is 0.577. The molecule has 7 nitrogen and oxygen atoms in total. The van der Waals surface area contributed by atoms with Crippen LogP contribution in [-0.2, 0) is 14.3 Å². The maximum Gasteiger partial charge on any atom is 0.339 e. The molecule has 0 spiro atoms. The first-order valence-electron chi connectivity index (χ1n) is 5.87. The van der Waals surface area contributed by atoms with Gasteiger partial charge in [0.05, 0.1) is 31.9 Å². The molecule has 1 aromatic rings. The molecule has 108 valence electrons. The number of nitrogens with one attached hydrogen (secondary N) is 2. The molecule has 0 saturated carbocycles. The molecule has 0 unspecified atom stereocenters. The van der Waals surface area contributed by atoms with Gasteiger partial charge in [0.2, 0.25) is 0 Å². The van der Waals surface area contributed by atoms with E-state index in [2.05, 4.69) is 20.1 Å². The monoisotopic (exact) mass is 280 g/mol. The van der Waals surface area contributed by atoms with Crippen LogP contribution in [-0.4, -0.2) is 38.7 Å². The molecule has 0 aliphatic carbocycles. The molecule has 0 bridgehead atoms. The topological polar surface area (TPSA) is 93.7 Å². The molecule has 0 aliphatic rings. The van der Waals surface area contributed by atoms with Gasteiger partial charge in [0.15, 0.2) is 0 Å². The van der Waals surface area contributed by atoms with E-state index in [0.29, 0.717) is 5.69 Å². The van der Waals surface area contributed by atoms with Crippen LogP contribution in [0.3, 0.4) is 0 Å². The third-order valence-electron chi connectivity index (χ3n) is 2.42. The van der Waals surface area contributed by atoms with E-state index in [1.54, 1.807) is 18.2 Å². The molecule has 0 fully saturated rings. The average Bonchev–Trinajstić information content (AvgIpc) is 2.46. The van der Waals surface area contributed by atoms with E-state index in [0.717, 1.165) is 0 Å². The van der Waals surface area contributed by atoms with Crippen LogP contribution < -0.4 is 10.6 Å². The first-order chi connectivity index (χ1) is 9.58. The Morgan fingerprint density at radius 2 is 1.80 bits per heavy atom. The van der Waals surface area contributed by atoms with E-state index in [9.17, 15) is 14.4 Å². The van der Waals surface area contributed by atoms with Gasteiger partial charge < -0.3 is 20.1 Å². The third-order valence-corrected chi connectivity index (χ3v) is 2.42. The van der Waals surface area contributed by atoms with Gasteiger partial charge in [-0.25, -0.2) is 9.59 Å². The number of esters is 2. The predicted molar refractivity (Wildman–Crippen MR) is 71.4 cm³/mol. The lowest BCUT2D eigenvalue weighted by atomic mass is 10.2. The quantitative estimate of drug-likeness (QED) is 0.789. The van der Waals surface area contributed by atoms with E-state index in [-0.39, 0.29) is 18.5 Å². The van der Waals surface area contributed by atoms with E-state index in [1.165, 1.54) is 20.3 Å². The number of urea groups is 1. The van der Waals surface area contributed by atoms with Gasteiger partial charge in [-0.05, 0) is 12.1 Å². The molecule has 2 amide bonds. The van der Waals surface area contributed by atoms with Crippen molar-refractivity contribution in [1.29, 1.82) is 0 Å². The Labute approximate surface area is 116 Å². The zero-order chi connectivity index (χ0) is 15.0. The van der Waals surface area contributed by atoms with Crippen molar-refractivity contribution in [3.63, 3.8) is 0 Å². The maximum atomic E-state index is 11.6. The molecule has 0 heterocycles. The van der Waals surface area contributed by atoms with Crippen molar-refractivity contribution in [3.8, 4) is 0 Å². The molecular formula is C13H16N2O5. The molecule has 0 atom stereocenters. The van der Waals surface area contributed by atoms with Gasteiger partial charge in [0.25, 0.3) is 0 Å². The van der Waals surface area contributed by atoms with Crippen LogP contribution >= 0.6 is 0 Å². The maximum absolute atomic E-state index is 11.6. The Hall–Kier alpha value is -2.57. The third kappa shape index (κ3) is 4.60. The SMILES string of the molecule is COC(=O)CCNC(=O)Nc1ccccc1C(=O)OC. The summed E-state index contributed by atoms with van der Waals surface area (Å²) in [6.07, 6.45) is 0.0720. The minimum Gasteiger partial charge on any atom is -0.469 e. The number of amides is 2. The number of methoxy groups -OCH3 is 2. The second kappa shape index (κ2) is 7.78. The second-order valence-corrected chi connectivity index (χ2v) is 3.74. The highest BCUT2D eigenvalue weighted by atomic mass is 16.5. The average molecular weight is 280 g/mol. The first kappa shape index (κ1) is 15.5. The molecule has 2 N–H and O–H groups in total. The highest BCUT2D eigenvalue weighted by Gasteiger charge is 2.13.